The summed E-state index contributed by atoms with van der Waals surface area (Å²) in [6.07, 6.45) is -0.447. The highest BCUT2D eigenvalue weighted by atomic mass is 32.1. The highest BCUT2D eigenvalue weighted by Crippen LogP contribution is 1.98. The fourth-order valence-corrected chi connectivity index (χ4v) is 2.00. The molecule has 0 aliphatic heterocycles. The maximum Gasteiger partial charge on any atom is 0.328 e. The Morgan fingerprint density at radius 1 is 0.963 bits per heavy atom. The van der Waals surface area contributed by atoms with E-state index >= 15 is 0 Å². The second kappa shape index (κ2) is 12.1. The number of aliphatic hydroxyl groups is 1. The van der Waals surface area contributed by atoms with E-state index in [2.05, 4.69) is 23.3 Å². The summed E-state index contributed by atoms with van der Waals surface area (Å²) in [6, 6.07) is -4.98. The van der Waals surface area contributed by atoms with Crippen LogP contribution in [-0.4, -0.2) is 81.5 Å². The Bertz CT molecular complexity index is 573. The summed E-state index contributed by atoms with van der Waals surface area (Å²) < 4.78 is 0. The summed E-state index contributed by atoms with van der Waals surface area (Å²) in [5.41, 5.74) is 5.54. The number of carbonyl (C=O) groups is 5. The van der Waals surface area contributed by atoms with E-state index in [1.807, 2.05) is 5.32 Å². The highest BCUT2D eigenvalue weighted by Gasteiger charge is 2.27. The normalized spacial score (nSPS) is 15.0. The molecule has 0 rings (SSSR count). The molecular formula is C14H24N4O8S. The van der Waals surface area contributed by atoms with E-state index in [0.29, 0.717) is 0 Å². The molecule has 0 aromatic heterocycles. The van der Waals surface area contributed by atoms with Gasteiger partial charge in [-0.15, -0.1) is 0 Å². The highest BCUT2D eigenvalue weighted by molar-refractivity contribution is 7.80. The second-order valence-electron chi connectivity index (χ2n) is 5.59. The zero-order valence-electron chi connectivity index (χ0n) is 14.5. The molecule has 0 saturated heterocycles. The number of hydrogen-bond acceptors (Lipinski definition) is 8. The molecule has 0 fully saturated rings. The fourth-order valence-electron chi connectivity index (χ4n) is 1.74. The van der Waals surface area contributed by atoms with Crippen LogP contribution < -0.4 is 21.7 Å². The summed E-state index contributed by atoms with van der Waals surface area (Å²) in [5.74, 6) is -5.08. The molecule has 4 atom stereocenters. The summed E-state index contributed by atoms with van der Waals surface area (Å²) in [5, 5.41) is 32.8. The van der Waals surface area contributed by atoms with Crippen LogP contribution in [0.2, 0.25) is 0 Å². The van der Waals surface area contributed by atoms with Gasteiger partial charge in [0.1, 0.15) is 18.1 Å². The topological polar surface area (TPSA) is 208 Å². The summed E-state index contributed by atoms with van der Waals surface area (Å²) >= 11 is 3.93. The second-order valence-corrected chi connectivity index (χ2v) is 5.96. The van der Waals surface area contributed by atoms with E-state index in [4.69, 9.17) is 21.1 Å². The molecule has 0 radical (unpaired) electrons. The zero-order chi connectivity index (χ0) is 21.1. The van der Waals surface area contributed by atoms with E-state index < -0.39 is 60.4 Å². The minimum atomic E-state index is -1.52. The molecule has 0 spiro atoms. The number of rotatable bonds is 12. The van der Waals surface area contributed by atoms with Gasteiger partial charge >= 0.3 is 11.9 Å². The lowest BCUT2D eigenvalue weighted by atomic mass is 10.1. The van der Waals surface area contributed by atoms with Crippen molar-refractivity contribution in [1.82, 2.24) is 16.0 Å². The van der Waals surface area contributed by atoms with Crippen molar-refractivity contribution in [3.8, 4) is 0 Å². The van der Waals surface area contributed by atoms with E-state index in [0.717, 1.165) is 0 Å². The summed E-state index contributed by atoms with van der Waals surface area (Å²) in [6.45, 7) is 0.449. The van der Waals surface area contributed by atoms with Crippen LogP contribution in [0, 0.1) is 0 Å². The molecule has 0 heterocycles. The van der Waals surface area contributed by atoms with Crippen molar-refractivity contribution >= 4 is 42.3 Å². The minimum absolute atomic E-state index is 0.126. The Kier molecular flexibility index (Phi) is 11.0. The van der Waals surface area contributed by atoms with Crippen LogP contribution in [0.4, 0.5) is 0 Å². The van der Waals surface area contributed by atoms with Crippen LogP contribution >= 0.6 is 12.6 Å². The Morgan fingerprint density at radius 2 is 1.52 bits per heavy atom. The molecule has 4 unspecified atom stereocenters. The van der Waals surface area contributed by atoms with Crippen LogP contribution in [0.1, 0.15) is 19.8 Å². The van der Waals surface area contributed by atoms with Crippen molar-refractivity contribution in [2.45, 2.75) is 43.9 Å². The number of carboxylic acids is 2. The van der Waals surface area contributed by atoms with Gasteiger partial charge in [-0.25, -0.2) is 4.79 Å². The molecule has 0 saturated carbocycles. The molecule has 0 aliphatic rings. The SMILES string of the molecule is CC(NC(=O)C(CS)NC(=O)C(N)CCC(=O)O)C(=O)NC(CO)C(=O)O. The van der Waals surface area contributed by atoms with Gasteiger partial charge in [0.15, 0.2) is 0 Å². The maximum atomic E-state index is 12.1. The predicted octanol–water partition coefficient (Wildman–Crippen LogP) is -3.34. The molecule has 0 aromatic carbocycles. The van der Waals surface area contributed by atoms with Crippen LogP contribution in [0.25, 0.3) is 0 Å². The largest absolute Gasteiger partial charge is 0.481 e. The lowest BCUT2D eigenvalue weighted by molar-refractivity contribution is -0.143. The number of thiol groups is 1. The molecule has 3 amide bonds. The lowest BCUT2D eigenvalue weighted by Gasteiger charge is -2.22. The van der Waals surface area contributed by atoms with Crippen molar-refractivity contribution in [2.24, 2.45) is 5.73 Å². The Hall–Kier alpha value is -2.38. The first-order valence-corrected chi connectivity index (χ1v) is 8.49. The van der Waals surface area contributed by atoms with Gasteiger partial charge in [-0.2, -0.15) is 12.6 Å². The third-order valence-electron chi connectivity index (χ3n) is 3.37. The molecule has 0 aliphatic carbocycles. The maximum absolute atomic E-state index is 12.1. The van der Waals surface area contributed by atoms with Crippen molar-refractivity contribution < 1.29 is 39.3 Å². The number of aliphatic carboxylic acids is 2. The summed E-state index contributed by atoms with van der Waals surface area (Å²) in [7, 11) is 0. The Balaban J connectivity index is 4.69. The third-order valence-corrected chi connectivity index (χ3v) is 3.74. The van der Waals surface area contributed by atoms with Gasteiger partial charge in [0.25, 0.3) is 0 Å². The van der Waals surface area contributed by atoms with Gasteiger partial charge in [-0.05, 0) is 13.3 Å². The van der Waals surface area contributed by atoms with Crippen molar-refractivity contribution in [2.75, 3.05) is 12.4 Å². The first kappa shape index (κ1) is 24.6. The predicted molar refractivity (Wildman–Crippen MR) is 94.9 cm³/mol. The molecule has 0 aromatic rings. The van der Waals surface area contributed by atoms with E-state index in [1.165, 1.54) is 6.92 Å². The molecule has 8 N–H and O–H groups in total. The van der Waals surface area contributed by atoms with Gasteiger partial charge in [0.2, 0.25) is 17.7 Å². The number of nitrogens with one attached hydrogen (secondary N) is 3. The van der Waals surface area contributed by atoms with Gasteiger partial charge in [0.05, 0.1) is 12.6 Å². The van der Waals surface area contributed by atoms with Gasteiger partial charge in [-0.1, -0.05) is 0 Å². The fraction of sp³-hybridized carbons (Fsp3) is 0.643. The molecule has 27 heavy (non-hydrogen) atoms. The number of amides is 3. The average Bonchev–Trinajstić information content (AvgIpc) is 2.60. The molecule has 0 bridgehead atoms. The quantitative estimate of drug-likeness (QED) is 0.152. The first-order valence-electron chi connectivity index (χ1n) is 7.86. The molecule has 12 nitrogen and oxygen atoms in total. The minimum Gasteiger partial charge on any atom is -0.481 e. The number of aliphatic hydroxyl groups excluding tert-OH is 1. The van der Waals surface area contributed by atoms with Crippen molar-refractivity contribution in [1.29, 1.82) is 0 Å². The summed E-state index contributed by atoms with van der Waals surface area (Å²) in [4.78, 5) is 57.2. The van der Waals surface area contributed by atoms with Gasteiger partial charge < -0.3 is 37.0 Å². The van der Waals surface area contributed by atoms with Crippen LogP contribution in [0.5, 0.6) is 0 Å². The number of nitrogens with two attached hydrogens (primary N) is 1. The van der Waals surface area contributed by atoms with E-state index in [-0.39, 0.29) is 18.6 Å². The van der Waals surface area contributed by atoms with Crippen LogP contribution in [-0.2, 0) is 24.0 Å². The molecule has 13 heteroatoms. The lowest BCUT2D eigenvalue weighted by Crippen LogP contribution is -2.57. The van der Waals surface area contributed by atoms with Crippen molar-refractivity contribution in [3.63, 3.8) is 0 Å². The van der Waals surface area contributed by atoms with Gasteiger partial charge in [0, 0.05) is 12.2 Å². The third kappa shape index (κ3) is 9.21. The zero-order valence-corrected chi connectivity index (χ0v) is 15.4. The Labute approximate surface area is 160 Å². The number of carbonyl (C=O) groups excluding carboxylic acids is 3. The standard InChI is InChI=1S/C14H24N4O8S/c1-6(11(22)17-8(4-19)14(25)26)16-13(24)9(5-27)18-12(23)7(15)2-3-10(20)21/h6-9,19,27H,2-5,15H2,1H3,(H,16,24)(H,17,22)(H,18,23)(H,20,21)(H,25,26). The number of carboxylic acid groups (broad SMARTS) is 2. The van der Waals surface area contributed by atoms with Gasteiger partial charge in [-0.3, -0.25) is 19.2 Å². The molecular weight excluding hydrogens is 384 g/mol. The van der Waals surface area contributed by atoms with E-state index in [1.54, 1.807) is 0 Å². The monoisotopic (exact) mass is 408 g/mol. The van der Waals surface area contributed by atoms with Crippen LogP contribution in [0.15, 0.2) is 0 Å². The first-order chi connectivity index (χ1) is 12.5. The van der Waals surface area contributed by atoms with E-state index in [9.17, 15) is 24.0 Å². The number of hydrogen-bond donors (Lipinski definition) is 8. The van der Waals surface area contributed by atoms with Crippen molar-refractivity contribution in [3.05, 3.63) is 0 Å². The van der Waals surface area contributed by atoms with Crippen LogP contribution in [0.3, 0.4) is 0 Å². The average molecular weight is 408 g/mol. The Morgan fingerprint density at radius 3 is 1.96 bits per heavy atom. The molecule has 154 valence electrons. The smallest absolute Gasteiger partial charge is 0.328 e.